The van der Waals surface area contributed by atoms with Crippen LogP contribution in [-0.4, -0.2) is 28.6 Å². The summed E-state index contributed by atoms with van der Waals surface area (Å²) in [5, 5.41) is 38.9. The summed E-state index contributed by atoms with van der Waals surface area (Å²) in [6.45, 7) is 0. The van der Waals surface area contributed by atoms with Crippen molar-refractivity contribution in [1.29, 1.82) is 0 Å². The molecule has 148 valence electrons. The smallest absolute Gasteiger partial charge is 0.790 e. The summed E-state index contributed by atoms with van der Waals surface area (Å²) < 4.78 is 21.2. The van der Waals surface area contributed by atoms with Gasteiger partial charge in [-0.05, 0) is 0 Å². The molecule has 0 aromatic heterocycles. The molecular weight excluding hydrogens is 484 g/mol. The van der Waals surface area contributed by atoms with E-state index in [1.165, 1.54) is 0 Å². The SMILES string of the molecule is O=C([O-])CC(O)(CC(=O)[O-])C(=O)[O-].O=P([O-])([O-])OP(=O)([O-])[O-].[Fe+3].[Fe+3].[NH4+]. The van der Waals surface area contributed by atoms with Crippen LogP contribution in [0, 0.1) is 0 Å². The summed E-state index contributed by atoms with van der Waals surface area (Å²) >= 11 is 0. The Morgan fingerprint density at radius 1 is 0.840 bits per heavy atom. The third-order valence-electron chi connectivity index (χ3n) is 1.45. The molecule has 0 spiro atoms. The topological polar surface area (TPSA) is 313 Å². The molecule has 0 unspecified atom stereocenters. The normalized spacial score (nSPS) is 10.6. The molecule has 0 atom stereocenters. The maximum absolute atomic E-state index is 10.1. The molecule has 0 aliphatic carbocycles. The van der Waals surface area contributed by atoms with Crippen molar-refractivity contribution in [2.24, 2.45) is 0 Å². The molecule has 0 aromatic carbocycles. The van der Waals surface area contributed by atoms with E-state index in [1.807, 2.05) is 0 Å². The van der Waals surface area contributed by atoms with Gasteiger partial charge in [0.2, 0.25) is 0 Å². The predicted octanol–water partition coefficient (Wildman–Crippen LogP) is -8.22. The minimum Gasteiger partial charge on any atom is -0.790 e. The van der Waals surface area contributed by atoms with E-state index in [-0.39, 0.29) is 40.3 Å². The largest absolute Gasteiger partial charge is 3.00 e. The van der Waals surface area contributed by atoms with Crippen LogP contribution in [0.2, 0.25) is 0 Å². The maximum atomic E-state index is 10.1. The molecule has 0 saturated carbocycles. The molecule has 19 heteroatoms. The fourth-order valence-corrected chi connectivity index (χ4v) is 1.79. The molecule has 0 fully saturated rings. The van der Waals surface area contributed by atoms with Gasteiger partial charge in [0.15, 0.2) is 0 Å². The fourth-order valence-electron chi connectivity index (χ4n) is 0.807. The molecule has 0 rings (SSSR count). The van der Waals surface area contributed by atoms with Gasteiger partial charge in [-0.3, -0.25) is 0 Å². The summed E-state index contributed by atoms with van der Waals surface area (Å²) in [6, 6.07) is 0. The number of hydrogen-bond acceptors (Lipinski definition) is 14. The van der Waals surface area contributed by atoms with Gasteiger partial charge in [0.25, 0.3) is 0 Å². The van der Waals surface area contributed by atoms with Crippen molar-refractivity contribution in [3.05, 3.63) is 0 Å². The summed E-state index contributed by atoms with van der Waals surface area (Å²) in [5.41, 5.74) is -2.97. The van der Waals surface area contributed by atoms with Gasteiger partial charge >= 0.3 is 34.1 Å². The van der Waals surface area contributed by atoms with Crippen LogP contribution in [0.3, 0.4) is 0 Å². The summed E-state index contributed by atoms with van der Waals surface area (Å²) in [4.78, 5) is 67.3. The zero-order valence-electron chi connectivity index (χ0n) is 11.8. The summed E-state index contributed by atoms with van der Waals surface area (Å²) in [5.74, 6) is -5.98. The van der Waals surface area contributed by atoms with Crippen molar-refractivity contribution in [3.8, 4) is 0 Å². The van der Waals surface area contributed by atoms with Gasteiger partial charge in [0.05, 0.1) is 21.6 Å². The van der Waals surface area contributed by atoms with Gasteiger partial charge in [0, 0.05) is 24.8 Å². The Morgan fingerprint density at radius 2 is 1.08 bits per heavy atom. The summed E-state index contributed by atoms with van der Waals surface area (Å²) in [7, 11) is -11.4. The number of carbonyl (C=O) groups is 3. The van der Waals surface area contributed by atoms with Crippen molar-refractivity contribution < 1.29 is 102 Å². The predicted molar refractivity (Wildman–Crippen MR) is 51.5 cm³/mol. The van der Waals surface area contributed by atoms with E-state index in [4.69, 9.17) is 5.11 Å². The number of carboxylic acids is 3. The second kappa shape index (κ2) is 13.8. The molecule has 0 bridgehead atoms. The van der Waals surface area contributed by atoms with Crippen LogP contribution in [0.1, 0.15) is 12.8 Å². The van der Waals surface area contributed by atoms with Crippen molar-refractivity contribution in [1.82, 2.24) is 6.15 Å². The molecule has 0 aliphatic rings. The molecule has 2 radical (unpaired) electrons. The number of carboxylic acid groups (broad SMARTS) is 3. The Labute approximate surface area is 160 Å². The third-order valence-corrected chi connectivity index (χ3v) is 3.05. The molecule has 5 N–H and O–H groups in total. The first-order chi connectivity index (χ1) is 9.48. The first-order valence-electron chi connectivity index (χ1n) is 4.57. The molecule has 0 amide bonds. The molecule has 15 nitrogen and oxygen atoms in total. The molecule has 0 aromatic rings. The Balaban J connectivity index is -0.0000001000. The van der Waals surface area contributed by atoms with E-state index in [0.717, 1.165) is 0 Å². The quantitative estimate of drug-likeness (QED) is 0.246. The van der Waals surface area contributed by atoms with Crippen LogP contribution in [-0.2, 0) is 62.0 Å². The number of quaternary nitrogens is 1. The van der Waals surface area contributed by atoms with Gasteiger partial charge in [-0.1, -0.05) is 0 Å². The standard InChI is InChI=1S/C6H8O7.2Fe.H3N.H4O7P2/c7-3(8)1-6(13,5(11)12)2-4(9)10;;;;1-8(2,3)7-9(4,5)6/h13H,1-2H2,(H,7,8)(H,9,10)(H,11,12);;;1H3;(H2,1,2,3)(H2,4,5,6)/q;2*+3;;/p-6. The third kappa shape index (κ3) is 23.6. The summed E-state index contributed by atoms with van der Waals surface area (Å²) in [6.07, 6.45) is -2.72. The first kappa shape index (κ1) is 35.7. The number of hydrogen-bond donors (Lipinski definition) is 2. The fraction of sp³-hybridized carbons (Fsp3) is 0.500. The van der Waals surface area contributed by atoms with E-state index in [2.05, 4.69) is 4.31 Å². The van der Waals surface area contributed by atoms with Gasteiger partial charge in [-0.15, -0.1) is 0 Å². The van der Waals surface area contributed by atoms with Gasteiger partial charge in [-0.2, -0.15) is 0 Å². The molecule has 0 aliphatic heterocycles. The van der Waals surface area contributed by atoms with Gasteiger partial charge in [-0.25, -0.2) is 0 Å². The van der Waals surface area contributed by atoms with E-state index in [1.54, 1.807) is 0 Å². The molecule has 25 heavy (non-hydrogen) atoms. The van der Waals surface area contributed by atoms with Gasteiger partial charge in [0.1, 0.15) is 5.60 Å². The second-order valence-corrected chi connectivity index (χ2v) is 5.83. The van der Waals surface area contributed by atoms with E-state index in [9.17, 15) is 58.4 Å². The van der Waals surface area contributed by atoms with Crippen molar-refractivity contribution in [2.75, 3.05) is 0 Å². The van der Waals surface area contributed by atoms with Crippen LogP contribution in [0.25, 0.3) is 0 Å². The Hall–Kier alpha value is -0.371. The van der Waals surface area contributed by atoms with Crippen LogP contribution in [0.15, 0.2) is 0 Å². The van der Waals surface area contributed by atoms with Crippen LogP contribution in [0.4, 0.5) is 0 Å². The van der Waals surface area contributed by atoms with E-state index >= 15 is 0 Å². The van der Waals surface area contributed by atoms with Crippen LogP contribution < -0.4 is 41.0 Å². The first-order valence-corrected chi connectivity index (χ1v) is 7.49. The van der Waals surface area contributed by atoms with Crippen LogP contribution in [0.5, 0.6) is 0 Å². The maximum Gasteiger partial charge on any atom is 3.00 e. The Kier molecular flexibility index (Phi) is 19.7. The monoisotopic (exact) mass is 493 g/mol. The minimum atomic E-state index is -5.68. The number of rotatable bonds is 7. The van der Waals surface area contributed by atoms with Gasteiger partial charge < -0.3 is 74.0 Å². The van der Waals surface area contributed by atoms with E-state index < -0.39 is 52.0 Å². The molecule has 0 heterocycles. The number of carbonyl (C=O) groups excluding carboxylic acids is 3. The Bertz CT molecular complexity index is 491. The number of aliphatic hydroxyl groups is 1. The zero-order valence-corrected chi connectivity index (χ0v) is 15.8. The average molecular weight is 493 g/mol. The number of phosphoric acid groups is 2. The average Bonchev–Trinajstić information content (AvgIpc) is 2.08. The Morgan fingerprint density at radius 3 is 1.16 bits per heavy atom. The minimum absolute atomic E-state index is 0. The molecule has 0 saturated heterocycles. The van der Waals surface area contributed by atoms with Crippen molar-refractivity contribution in [3.63, 3.8) is 0 Å². The second-order valence-electron chi connectivity index (χ2n) is 3.39. The van der Waals surface area contributed by atoms with Crippen molar-refractivity contribution >= 4 is 33.6 Å². The zero-order chi connectivity index (χ0) is 18.4. The van der Waals surface area contributed by atoms with Crippen LogP contribution >= 0.6 is 15.6 Å². The van der Waals surface area contributed by atoms with Crippen molar-refractivity contribution in [2.45, 2.75) is 18.4 Å². The molecular formula is C6H9Fe2NO14P2. The number of aliphatic carboxylic acids is 3. The van der Waals surface area contributed by atoms with E-state index in [0.29, 0.717) is 0 Å².